The molecule has 14 nitrogen and oxygen atoms in total. The normalized spacial score (nSPS) is 22.0. The molecule has 2 aromatic rings. The highest BCUT2D eigenvalue weighted by atomic mass is 16.7. The van der Waals surface area contributed by atoms with Gasteiger partial charge in [0.25, 0.3) is 0 Å². The maximum absolute atomic E-state index is 14.3. The van der Waals surface area contributed by atoms with Crippen molar-refractivity contribution in [3.63, 3.8) is 0 Å². The van der Waals surface area contributed by atoms with Crippen LogP contribution in [0.25, 0.3) is 0 Å². The Morgan fingerprint density at radius 2 is 1.60 bits per heavy atom. The number of allylic oxidation sites excluding steroid dienone is 1. The first kappa shape index (κ1) is 54.5. The molecule has 6 atom stereocenters. The van der Waals surface area contributed by atoms with E-state index in [0.29, 0.717) is 36.6 Å². The van der Waals surface area contributed by atoms with Gasteiger partial charge in [0.2, 0.25) is 5.79 Å². The Hall–Kier alpha value is -4.47. The molecule has 68 heavy (non-hydrogen) atoms. The van der Waals surface area contributed by atoms with Crippen LogP contribution in [0.1, 0.15) is 140 Å². The van der Waals surface area contributed by atoms with E-state index in [0.717, 1.165) is 61.6 Å². The summed E-state index contributed by atoms with van der Waals surface area (Å²) >= 11 is 0. The molecule has 6 unspecified atom stereocenters. The summed E-state index contributed by atoms with van der Waals surface area (Å²) in [5.41, 5.74) is 3.29. The molecule has 0 spiro atoms. The van der Waals surface area contributed by atoms with Crippen LogP contribution in [0.5, 0.6) is 11.5 Å². The van der Waals surface area contributed by atoms with Crippen molar-refractivity contribution >= 4 is 17.9 Å². The van der Waals surface area contributed by atoms with Crippen LogP contribution in [-0.2, 0) is 25.7 Å². The molecule has 1 heterocycles. The second-order valence-corrected chi connectivity index (χ2v) is 18.3. The van der Waals surface area contributed by atoms with Crippen LogP contribution < -0.4 is 14.8 Å². The fourth-order valence-corrected chi connectivity index (χ4v) is 10.3. The molecule has 0 aromatic heterocycles. The van der Waals surface area contributed by atoms with Crippen LogP contribution in [0, 0.1) is 17.8 Å². The van der Waals surface area contributed by atoms with Crippen LogP contribution in [0.3, 0.4) is 0 Å². The zero-order chi connectivity index (χ0) is 48.4. The van der Waals surface area contributed by atoms with Crippen molar-refractivity contribution in [2.75, 3.05) is 59.3 Å². The fourth-order valence-electron chi connectivity index (χ4n) is 10.3. The molecule has 3 aliphatic rings. The molecule has 0 bridgehead atoms. The van der Waals surface area contributed by atoms with E-state index in [-0.39, 0.29) is 83.6 Å². The smallest absolute Gasteiger partial charge is 0.412 e. The Balaban J connectivity index is 1.56. The molecule has 1 saturated carbocycles. The van der Waals surface area contributed by atoms with Crippen LogP contribution in [-0.4, -0.2) is 109 Å². The van der Waals surface area contributed by atoms with Gasteiger partial charge in [-0.05, 0) is 80.2 Å². The van der Waals surface area contributed by atoms with Crippen LogP contribution in [0.2, 0.25) is 0 Å². The van der Waals surface area contributed by atoms with Crippen molar-refractivity contribution in [2.45, 2.75) is 147 Å². The van der Waals surface area contributed by atoms with Gasteiger partial charge in [-0.2, -0.15) is 0 Å². The number of amides is 2. The molecule has 2 aliphatic carbocycles. The van der Waals surface area contributed by atoms with E-state index in [9.17, 15) is 24.9 Å². The topological polar surface area (TPSA) is 178 Å². The maximum Gasteiger partial charge on any atom is 0.412 e. The predicted molar refractivity (Wildman–Crippen MR) is 264 cm³/mol. The number of unbranched alkanes of at least 4 members (excludes halogenated alkanes) is 11. The Labute approximate surface area is 405 Å². The van der Waals surface area contributed by atoms with Crippen molar-refractivity contribution in [1.29, 1.82) is 0 Å². The number of aliphatic hydroxyl groups excluding tert-OH is 3. The van der Waals surface area contributed by atoms with Gasteiger partial charge in [0.15, 0.2) is 0 Å². The van der Waals surface area contributed by atoms with Crippen molar-refractivity contribution in [2.24, 2.45) is 22.9 Å². The highest BCUT2D eigenvalue weighted by molar-refractivity contribution is 6.03. The highest BCUT2D eigenvalue weighted by Gasteiger charge is 2.65. The third-order valence-corrected chi connectivity index (χ3v) is 13.5. The average molecular weight is 948 g/mol. The van der Waals surface area contributed by atoms with Gasteiger partial charge >= 0.3 is 12.2 Å². The van der Waals surface area contributed by atoms with Crippen molar-refractivity contribution in [1.82, 2.24) is 10.2 Å². The lowest BCUT2D eigenvalue weighted by Crippen LogP contribution is -2.70. The number of nitrogens with one attached hydrogen (secondary N) is 1. The van der Waals surface area contributed by atoms with E-state index in [1.54, 1.807) is 24.0 Å². The van der Waals surface area contributed by atoms with Crippen molar-refractivity contribution in [3.8, 4) is 11.5 Å². The largest absolute Gasteiger partial charge is 0.459 e. The molecule has 1 aliphatic heterocycles. The summed E-state index contributed by atoms with van der Waals surface area (Å²) in [7, 11) is 0. The van der Waals surface area contributed by atoms with E-state index < -0.39 is 29.9 Å². The van der Waals surface area contributed by atoms with Gasteiger partial charge in [-0.1, -0.05) is 125 Å². The standard InChI is InChI=1S/C54H81N3O11/c1-4-7-8-9-10-11-12-13-14-20-29-55-52(61)67-43-27-28-48-46(38-43)50-44(26-19-22-32-59)42(25-18-21-31-58)37-45-47(56-66-40-41-23-16-15-17-24-41)39-49(54(68-48,51(45)50)65-34-5-2)57(53(62)64-6-3)30-35-63-36-33-60/h5,15-17,23-24,27-28,37-38,42,44,49-51,58-60H,2,4,6-14,18-22,25-26,29-36,39-40H2,1,3H3,(H,55,61). The van der Waals surface area contributed by atoms with Gasteiger partial charge in [0.05, 0.1) is 44.7 Å². The number of nitrogens with zero attached hydrogens (tertiary/aromatic N) is 2. The second-order valence-electron chi connectivity index (χ2n) is 18.3. The fraction of sp³-hybridized carbons (Fsp3) is 0.648. The predicted octanol–water partition coefficient (Wildman–Crippen LogP) is 10.00. The number of hydrogen-bond donors (Lipinski definition) is 4. The van der Waals surface area contributed by atoms with Crippen molar-refractivity contribution < 1.29 is 53.4 Å². The zero-order valence-electron chi connectivity index (χ0n) is 41.0. The number of carbonyl (C=O) groups is 2. The van der Waals surface area contributed by atoms with Crippen LogP contribution >= 0.6 is 0 Å². The lowest BCUT2D eigenvalue weighted by molar-refractivity contribution is -0.256. The zero-order valence-corrected chi connectivity index (χ0v) is 41.0. The maximum atomic E-state index is 14.3. The third kappa shape index (κ3) is 15.5. The molecule has 378 valence electrons. The lowest BCUT2D eigenvalue weighted by Gasteiger charge is -2.59. The molecule has 4 N–H and O–H groups in total. The number of ether oxygens (including phenoxy) is 5. The first-order valence-electron chi connectivity index (χ1n) is 25.7. The Kier molecular flexibility index (Phi) is 24.2. The van der Waals surface area contributed by atoms with E-state index in [2.05, 4.69) is 24.9 Å². The number of benzene rings is 2. The molecule has 2 amide bonds. The molecule has 0 saturated heterocycles. The molecule has 5 rings (SSSR count). The summed E-state index contributed by atoms with van der Waals surface area (Å²) < 4.78 is 31.8. The van der Waals surface area contributed by atoms with E-state index in [1.165, 1.54) is 44.9 Å². The average Bonchev–Trinajstić information content (AvgIpc) is 3.34. The summed E-state index contributed by atoms with van der Waals surface area (Å²) in [6, 6.07) is 14.4. The summed E-state index contributed by atoms with van der Waals surface area (Å²) in [4.78, 5) is 35.4. The number of hydrogen-bond acceptors (Lipinski definition) is 12. The van der Waals surface area contributed by atoms with Crippen LogP contribution in [0.4, 0.5) is 9.59 Å². The lowest BCUT2D eigenvalue weighted by atomic mass is 9.55. The number of oxime groups is 1. The summed E-state index contributed by atoms with van der Waals surface area (Å²) in [6.07, 6.45) is 19.4. The minimum absolute atomic E-state index is 0.0115. The van der Waals surface area contributed by atoms with Gasteiger partial charge in [-0.25, -0.2) is 9.59 Å². The molecular weight excluding hydrogens is 867 g/mol. The molecule has 0 radical (unpaired) electrons. The van der Waals surface area contributed by atoms with E-state index >= 15 is 0 Å². The van der Waals surface area contributed by atoms with Gasteiger partial charge in [-0.15, -0.1) is 6.58 Å². The van der Waals surface area contributed by atoms with Gasteiger partial charge in [0.1, 0.15) is 24.1 Å². The SMILES string of the molecule is C=CCOC12Oc3ccc(OC(=O)NCCCCCCCCCCCC)cc3C3C(CCCCO)C(CCCCO)C=C(C(=NOCc4ccccc4)CC1N(CCOCCO)C(=O)OCC)C32. The Morgan fingerprint density at radius 1 is 0.882 bits per heavy atom. The quantitative estimate of drug-likeness (QED) is 0.0304. The van der Waals surface area contributed by atoms with Gasteiger partial charge in [0, 0.05) is 44.2 Å². The Bertz CT molecular complexity index is 1860. The number of carbonyl (C=O) groups excluding carboxylic acids is 2. The third-order valence-electron chi connectivity index (χ3n) is 13.5. The summed E-state index contributed by atoms with van der Waals surface area (Å²) in [6.45, 7) is 9.21. The second kappa shape index (κ2) is 30.2. The minimum atomic E-state index is -1.51. The summed E-state index contributed by atoms with van der Waals surface area (Å²) in [5, 5.41) is 37.3. The Morgan fingerprint density at radius 3 is 2.29 bits per heavy atom. The van der Waals surface area contributed by atoms with E-state index in [1.807, 2.05) is 42.5 Å². The number of fused-ring (bicyclic) bond motifs is 2. The van der Waals surface area contributed by atoms with Crippen molar-refractivity contribution in [3.05, 3.63) is 84.0 Å². The first-order valence-corrected chi connectivity index (χ1v) is 25.7. The highest BCUT2D eigenvalue weighted by Crippen LogP contribution is 2.62. The van der Waals surface area contributed by atoms with E-state index in [4.69, 9.17) is 33.7 Å². The monoisotopic (exact) mass is 948 g/mol. The number of aliphatic hydroxyl groups is 3. The minimum Gasteiger partial charge on any atom is -0.459 e. The molecule has 14 heteroatoms. The van der Waals surface area contributed by atoms with Crippen LogP contribution in [0.15, 0.2) is 78.0 Å². The number of rotatable bonds is 33. The summed E-state index contributed by atoms with van der Waals surface area (Å²) in [5.74, 6) is -1.53. The molecule has 1 fully saturated rings. The molecule has 2 aromatic carbocycles. The van der Waals surface area contributed by atoms with Gasteiger partial charge < -0.3 is 49.2 Å². The van der Waals surface area contributed by atoms with Gasteiger partial charge in [-0.3, -0.25) is 4.90 Å². The first-order chi connectivity index (χ1) is 33.3. The molecular formula is C54H81N3O11.